The lowest BCUT2D eigenvalue weighted by molar-refractivity contribution is -0.127. The Kier molecular flexibility index (Phi) is 5.52. The molecular weight excluding hydrogens is 256 g/mol. The first-order chi connectivity index (χ1) is 9.69. The van der Waals surface area contributed by atoms with Crippen LogP contribution in [-0.2, 0) is 20.8 Å². The second-order valence-corrected chi connectivity index (χ2v) is 5.10. The van der Waals surface area contributed by atoms with Crippen LogP contribution < -0.4 is 11.1 Å². The van der Waals surface area contributed by atoms with Crippen molar-refractivity contribution in [3.8, 4) is 0 Å². The number of ether oxygens (including phenoxy) is 2. The van der Waals surface area contributed by atoms with E-state index in [1.54, 1.807) is 6.92 Å². The largest absolute Gasteiger partial charge is 0.381 e. The van der Waals surface area contributed by atoms with Gasteiger partial charge in [0.15, 0.2) is 0 Å². The number of carbonyl (C=O) groups excluding carboxylic acids is 1. The van der Waals surface area contributed by atoms with Gasteiger partial charge in [0, 0.05) is 24.8 Å². The Balaban J connectivity index is 1.77. The van der Waals surface area contributed by atoms with Crippen molar-refractivity contribution in [3.63, 3.8) is 0 Å². The van der Waals surface area contributed by atoms with E-state index in [-0.39, 0.29) is 5.91 Å². The van der Waals surface area contributed by atoms with E-state index in [0.717, 1.165) is 30.9 Å². The minimum atomic E-state index is -0.468. The third kappa shape index (κ3) is 4.30. The van der Waals surface area contributed by atoms with Crippen LogP contribution in [0.25, 0.3) is 0 Å². The third-order valence-electron chi connectivity index (χ3n) is 3.43. The summed E-state index contributed by atoms with van der Waals surface area (Å²) in [5.41, 5.74) is 7.32. The standard InChI is InChI=1S/C15H22N2O3/c1-11(20-10-13-6-7-19-9-13)15(18)17-14-4-2-12(8-16)3-5-14/h2-5,11,13H,6-10,16H2,1H3,(H,17,18). The van der Waals surface area contributed by atoms with Crippen molar-refractivity contribution in [2.75, 3.05) is 25.1 Å². The molecule has 0 saturated carbocycles. The van der Waals surface area contributed by atoms with Crippen LogP contribution in [0.2, 0.25) is 0 Å². The van der Waals surface area contributed by atoms with Gasteiger partial charge >= 0.3 is 0 Å². The first-order valence-corrected chi connectivity index (χ1v) is 6.98. The van der Waals surface area contributed by atoms with Crippen molar-refractivity contribution in [2.45, 2.75) is 26.0 Å². The summed E-state index contributed by atoms with van der Waals surface area (Å²) in [7, 11) is 0. The molecule has 1 fully saturated rings. The molecular formula is C15H22N2O3. The average Bonchev–Trinajstić information content (AvgIpc) is 2.98. The zero-order valence-electron chi connectivity index (χ0n) is 11.8. The molecule has 0 spiro atoms. The maximum absolute atomic E-state index is 12.0. The summed E-state index contributed by atoms with van der Waals surface area (Å²) in [6.45, 7) is 4.36. The Morgan fingerprint density at radius 1 is 1.50 bits per heavy atom. The van der Waals surface area contributed by atoms with Crippen LogP contribution in [0.3, 0.4) is 0 Å². The molecule has 1 aliphatic rings. The fraction of sp³-hybridized carbons (Fsp3) is 0.533. The van der Waals surface area contributed by atoms with E-state index < -0.39 is 6.10 Å². The van der Waals surface area contributed by atoms with Crippen molar-refractivity contribution in [1.82, 2.24) is 0 Å². The molecule has 0 aromatic heterocycles. The maximum atomic E-state index is 12.0. The third-order valence-corrected chi connectivity index (χ3v) is 3.43. The summed E-state index contributed by atoms with van der Waals surface area (Å²) in [5, 5.41) is 2.83. The fourth-order valence-electron chi connectivity index (χ4n) is 2.04. The van der Waals surface area contributed by atoms with Gasteiger partial charge < -0.3 is 20.5 Å². The normalized spacial score (nSPS) is 19.8. The Morgan fingerprint density at radius 2 is 2.25 bits per heavy atom. The number of hydrogen-bond donors (Lipinski definition) is 2. The summed E-state index contributed by atoms with van der Waals surface area (Å²) >= 11 is 0. The van der Waals surface area contributed by atoms with E-state index in [1.165, 1.54) is 0 Å². The molecule has 0 radical (unpaired) electrons. The highest BCUT2D eigenvalue weighted by atomic mass is 16.5. The Labute approximate surface area is 119 Å². The van der Waals surface area contributed by atoms with Crippen LogP contribution in [0.1, 0.15) is 18.9 Å². The van der Waals surface area contributed by atoms with E-state index in [9.17, 15) is 4.79 Å². The van der Waals surface area contributed by atoms with Gasteiger partial charge in [-0.3, -0.25) is 4.79 Å². The maximum Gasteiger partial charge on any atom is 0.253 e. The van der Waals surface area contributed by atoms with Crippen molar-refractivity contribution in [1.29, 1.82) is 0 Å². The molecule has 1 aromatic rings. The molecule has 1 aromatic carbocycles. The van der Waals surface area contributed by atoms with Crippen LogP contribution in [0.4, 0.5) is 5.69 Å². The topological polar surface area (TPSA) is 73.6 Å². The van der Waals surface area contributed by atoms with Gasteiger partial charge in [0.05, 0.1) is 13.2 Å². The molecule has 20 heavy (non-hydrogen) atoms. The number of nitrogens with two attached hydrogens (primary N) is 1. The summed E-state index contributed by atoms with van der Waals surface area (Å²) in [4.78, 5) is 12.0. The summed E-state index contributed by atoms with van der Waals surface area (Å²) < 4.78 is 10.9. The van der Waals surface area contributed by atoms with Gasteiger partial charge in [-0.05, 0) is 31.0 Å². The van der Waals surface area contributed by atoms with Gasteiger partial charge in [0.25, 0.3) is 5.91 Å². The van der Waals surface area contributed by atoms with Crippen LogP contribution in [-0.4, -0.2) is 31.8 Å². The van der Waals surface area contributed by atoms with Crippen molar-refractivity contribution in [2.24, 2.45) is 11.7 Å². The smallest absolute Gasteiger partial charge is 0.253 e. The first-order valence-electron chi connectivity index (χ1n) is 6.98. The first kappa shape index (κ1) is 15.0. The van der Waals surface area contributed by atoms with E-state index in [4.69, 9.17) is 15.2 Å². The number of hydrogen-bond acceptors (Lipinski definition) is 4. The monoisotopic (exact) mass is 278 g/mol. The number of nitrogens with one attached hydrogen (secondary N) is 1. The summed E-state index contributed by atoms with van der Waals surface area (Å²) in [6.07, 6.45) is 0.541. The molecule has 1 amide bonds. The van der Waals surface area contributed by atoms with Crippen LogP contribution >= 0.6 is 0 Å². The van der Waals surface area contributed by atoms with Gasteiger partial charge in [-0.2, -0.15) is 0 Å². The molecule has 1 aliphatic heterocycles. The number of amides is 1. The van der Waals surface area contributed by atoms with E-state index >= 15 is 0 Å². The highest BCUT2D eigenvalue weighted by molar-refractivity contribution is 5.93. The molecule has 2 atom stereocenters. The zero-order chi connectivity index (χ0) is 14.4. The van der Waals surface area contributed by atoms with Crippen molar-refractivity contribution in [3.05, 3.63) is 29.8 Å². The van der Waals surface area contributed by atoms with Crippen LogP contribution in [0.15, 0.2) is 24.3 Å². The second-order valence-electron chi connectivity index (χ2n) is 5.10. The molecule has 5 heteroatoms. The number of benzene rings is 1. The van der Waals surface area contributed by atoms with Gasteiger partial charge in [-0.25, -0.2) is 0 Å². The molecule has 3 N–H and O–H groups in total. The highest BCUT2D eigenvalue weighted by Crippen LogP contribution is 2.14. The Hall–Kier alpha value is -1.43. The molecule has 0 bridgehead atoms. The fourth-order valence-corrected chi connectivity index (χ4v) is 2.04. The SMILES string of the molecule is CC(OCC1CCOC1)C(=O)Nc1ccc(CN)cc1. The van der Waals surface area contributed by atoms with Gasteiger partial charge in [-0.1, -0.05) is 12.1 Å². The minimum absolute atomic E-state index is 0.135. The predicted molar refractivity (Wildman–Crippen MR) is 77.3 cm³/mol. The zero-order valence-corrected chi connectivity index (χ0v) is 11.8. The lowest BCUT2D eigenvalue weighted by Crippen LogP contribution is -2.29. The predicted octanol–water partition coefficient (Wildman–Crippen LogP) is 1.53. The second kappa shape index (κ2) is 7.38. The quantitative estimate of drug-likeness (QED) is 0.827. The van der Waals surface area contributed by atoms with Crippen molar-refractivity contribution < 1.29 is 14.3 Å². The molecule has 110 valence electrons. The summed E-state index contributed by atoms with van der Waals surface area (Å²) in [5.74, 6) is 0.276. The van der Waals surface area contributed by atoms with Crippen molar-refractivity contribution >= 4 is 11.6 Å². The molecule has 0 aliphatic carbocycles. The molecule has 2 unspecified atom stereocenters. The van der Waals surface area contributed by atoms with Gasteiger partial charge in [0.1, 0.15) is 6.10 Å². The Bertz CT molecular complexity index is 427. The molecule has 5 nitrogen and oxygen atoms in total. The molecule has 2 rings (SSSR count). The lowest BCUT2D eigenvalue weighted by Gasteiger charge is -2.15. The van der Waals surface area contributed by atoms with Crippen LogP contribution in [0.5, 0.6) is 0 Å². The number of anilines is 1. The number of carbonyl (C=O) groups is 1. The van der Waals surface area contributed by atoms with Crippen LogP contribution in [0, 0.1) is 5.92 Å². The Morgan fingerprint density at radius 3 is 2.85 bits per heavy atom. The number of rotatable bonds is 6. The molecule has 1 heterocycles. The van der Waals surface area contributed by atoms with Gasteiger partial charge in [-0.15, -0.1) is 0 Å². The minimum Gasteiger partial charge on any atom is -0.381 e. The lowest BCUT2D eigenvalue weighted by atomic mass is 10.1. The van der Waals surface area contributed by atoms with E-state index in [1.807, 2.05) is 24.3 Å². The average molecular weight is 278 g/mol. The highest BCUT2D eigenvalue weighted by Gasteiger charge is 2.19. The van der Waals surface area contributed by atoms with Gasteiger partial charge in [0.2, 0.25) is 0 Å². The van der Waals surface area contributed by atoms with E-state index in [2.05, 4.69) is 5.32 Å². The van der Waals surface area contributed by atoms with E-state index in [0.29, 0.717) is 19.1 Å². The summed E-state index contributed by atoms with van der Waals surface area (Å²) in [6, 6.07) is 7.49. The molecule has 1 saturated heterocycles.